The van der Waals surface area contributed by atoms with Crippen LogP contribution < -0.4 is 30.6 Å². The van der Waals surface area contributed by atoms with Crippen LogP contribution in [-0.2, 0) is 13.2 Å². The predicted octanol–water partition coefficient (Wildman–Crippen LogP) is 2.55. The molecule has 3 amide bonds. The Morgan fingerprint density at radius 2 is 1.87 bits per heavy atom. The third-order valence-electron chi connectivity index (χ3n) is 4.19. The Labute approximate surface area is 182 Å². The van der Waals surface area contributed by atoms with Crippen LogP contribution in [0.15, 0.2) is 42.7 Å². The standard InChI is InChI=1S/C20H21N5O5S/c1-28-14-6-3-7-15(29-2)13(14)10-23-20(27)24-19-16(17(21)26)18(25-31-19)30-11-12-5-4-8-22-9-12/h3-9H,10-11H2,1-2H3,(H2,21,26)(H2,23,24,27). The molecule has 0 aliphatic carbocycles. The maximum Gasteiger partial charge on any atom is 0.320 e. The van der Waals surface area contributed by atoms with Gasteiger partial charge in [-0.1, -0.05) is 12.1 Å². The van der Waals surface area contributed by atoms with E-state index in [0.717, 1.165) is 17.1 Å². The summed E-state index contributed by atoms with van der Waals surface area (Å²) < 4.78 is 20.3. The normalized spacial score (nSPS) is 10.3. The van der Waals surface area contributed by atoms with Crippen LogP contribution in [0.5, 0.6) is 17.4 Å². The van der Waals surface area contributed by atoms with Gasteiger partial charge in [0.1, 0.15) is 28.7 Å². The zero-order valence-electron chi connectivity index (χ0n) is 16.9. The van der Waals surface area contributed by atoms with Crippen LogP contribution in [-0.4, -0.2) is 35.5 Å². The summed E-state index contributed by atoms with van der Waals surface area (Å²) in [6, 6.07) is 8.34. The maximum absolute atomic E-state index is 12.4. The molecule has 1 aromatic carbocycles. The maximum atomic E-state index is 12.4. The molecule has 0 bridgehead atoms. The van der Waals surface area contributed by atoms with Crippen LogP contribution in [0.1, 0.15) is 21.5 Å². The lowest BCUT2D eigenvalue weighted by Gasteiger charge is -2.14. The van der Waals surface area contributed by atoms with Gasteiger partial charge in [0.05, 0.1) is 26.3 Å². The summed E-state index contributed by atoms with van der Waals surface area (Å²) in [4.78, 5) is 28.4. The minimum absolute atomic E-state index is 0.00101. The average Bonchev–Trinajstić information content (AvgIpc) is 3.19. The number of primary amides is 1. The van der Waals surface area contributed by atoms with Gasteiger partial charge in [-0.15, -0.1) is 0 Å². The molecule has 0 aliphatic rings. The fraction of sp³-hybridized carbons (Fsp3) is 0.200. The number of anilines is 1. The fourth-order valence-electron chi connectivity index (χ4n) is 2.73. The number of nitrogens with one attached hydrogen (secondary N) is 2. The molecule has 0 fully saturated rings. The number of rotatable bonds is 9. The summed E-state index contributed by atoms with van der Waals surface area (Å²) in [5.41, 5.74) is 6.94. The lowest BCUT2D eigenvalue weighted by Crippen LogP contribution is -2.29. The van der Waals surface area contributed by atoms with Gasteiger partial charge < -0.3 is 25.3 Å². The third kappa shape index (κ3) is 5.39. The summed E-state index contributed by atoms with van der Waals surface area (Å²) in [7, 11) is 3.06. The van der Waals surface area contributed by atoms with Crippen molar-refractivity contribution in [2.45, 2.75) is 13.2 Å². The molecule has 0 spiro atoms. The number of carbonyl (C=O) groups excluding carboxylic acids is 2. The van der Waals surface area contributed by atoms with Gasteiger partial charge in [0.2, 0.25) is 5.88 Å². The molecule has 0 saturated carbocycles. The van der Waals surface area contributed by atoms with Crippen LogP contribution in [0.2, 0.25) is 0 Å². The number of nitrogens with two attached hydrogens (primary N) is 1. The van der Waals surface area contributed by atoms with E-state index in [0.29, 0.717) is 17.1 Å². The SMILES string of the molecule is COc1cccc(OC)c1CNC(=O)Nc1snc(OCc2cccnc2)c1C(N)=O. The van der Waals surface area contributed by atoms with Crippen molar-refractivity contribution in [1.82, 2.24) is 14.7 Å². The van der Waals surface area contributed by atoms with E-state index in [9.17, 15) is 9.59 Å². The van der Waals surface area contributed by atoms with Gasteiger partial charge in [0.25, 0.3) is 5.91 Å². The molecule has 3 rings (SSSR count). The Kier molecular flexibility index (Phi) is 7.22. The fourth-order valence-corrected chi connectivity index (χ4v) is 3.47. The molecular formula is C20H21N5O5S. The van der Waals surface area contributed by atoms with E-state index >= 15 is 0 Å². The number of nitrogens with zero attached hydrogens (tertiary/aromatic N) is 2. The molecule has 11 heteroatoms. The van der Waals surface area contributed by atoms with E-state index < -0.39 is 11.9 Å². The first-order valence-corrected chi connectivity index (χ1v) is 9.86. The van der Waals surface area contributed by atoms with Crippen molar-refractivity contribution in [3.05, 3.63) is 59.4 Å². The number of benzene rings is 1. The Morgan fingerprint density at radius 1 is 1.13 bits per heavy atom. The van der Waals surface area contributed by atoms with Gasteiger partial charge in [-0.2, -0.15) is 4.37 Å². The van der Waals surface area contributed by atoms with Crippen molar-refractivity contribution in [2.75, 3.05) is 19.5 Å². The lowest BCUT2D eigenvalue weighted by molar-refractivity contribution is 0.0996. The van der Waals surface area contributed by atoms with Crippen molar-refractivity contribution in [2.24, 2.45) is 5.73 Å². The highest BCUT2D eigenvalue weighted by Gasteiger charge is 2.22. The monoisotopic (exact) mass is 443 g/mol. The van der Waals surface area contributed by atoms with Crippen molar-refractivity contribution in [1.29, 1.82) is 0 Å². The molecule has 2 aromatic heterocycles. The quantitative estimate of drug-likeness (QED) is 0.462. The number of pyridine rings is 1. The Bertz CT molecular complexity index is 1040. The first-order chi connectivity index (χ1) is 15.0. The minimum atomic E-state index is -0.767. The summed E-state index contributed by atoms with van der Waals surface area (Å²) in [6.45, 7) is 0.283. The minimum Gasteiger partial charge on any atom is -0.496 e. The van der Waals surface area contributed by atoms with Crippen molar-refractivity contribution >= 4 is 28.5 Å². The molecule has 0 aliphatic heterocycles. The highest BCUT2D eigenvalue weighted by atomic mass is 32.1. The summed E-state index contributed by atoms with van der Waals surface area (Å²) >= 11 is 0.892. The van der Waals surface area contributed by atoms with Crippen LogP contribution in [0.3, 0.4) is 0 Å². The number of carbonyl (C=O) groups is 2. The van der Waals surface area contributed by atoms with E-state index in [1.54, 1.807) is 36.7 Å². The molecule has 3 aromatic rings. The number of aromatic nitrogens is 2. The predicted molar refractivity (Wildman–Crippen MR) is 115 cm³/mol. The second-order valence-electron chi connectivity index (χ2n) is 6.15. The molecule has 0 atom stereocenters. The smallest absolute Gasteiger partial charge is 0.320 e. The van der Waals surface area contributed by atoms with E-state index in [2.05, 4.69) is 20.0 Å². The second-order valence-corrected chi connectivity index (χ2v) is 6.93. The highest BCUT2D eigenvalue weighted by Crippen LogP contribution is 2.31. The number of ether oxygens (including phenoxy) is 3. The van der Waals surface area contributed by atoms with Crippen LogP contribution in [0.25, 0.3) is 0 Å². The molecule has 31 heavy (non-hydrogen) atoms. The zero-order valence-corrected chi connectivity index (χ0v) is 17.7. The first-order valence-electron chi connectivity index (χ1n) is 9.09. The van der Waals surface area contributed by atoms with Gasteiger partial charge >= 0.3 is 6.03 Å². The molecule has 2 heterocycles. The largest absolute Gasteiger partial charge is 0.496 e. The Morgan fingerprint density at radius 3 is 2.48 bits per heavy atom. The number of urea groups is 1. The Balaban J connectivity index is 1.68. The van der Waals surface area contributed by atoms with Gasteiger partial charge in [-0.05, 0) is 29.7 Å². The summed E-state index contributed by atoms with van der Waals surface area (Å²) in [5, 5.41) is 5.46. The first kappa shape index (κ1) is 21.8. The van der Waals surface area contributed by atoms with E-state index in [4.69, 9.17) is 19.9 Å². The summed E-state index contributed by atoms with van der Waals surface area (Å²) in [5.74, 6) is 0.419. The number of amides is 3. The topological polar surface area (TPSA) is 138 Å². The van der Waals surface area contributed by atoms with E-state index in [1.807, 2.05) is 6.07 Å². The van der Waals surface area contributed by atoms with Crippen LogP contribution in [0.4, 0.5) is 9.80 Å². The van der Waals surface area contributed by atoms with Gasteiger partial charge in [0.15, 0.2) is 0 Å². The molecule has 0 saturated heterocycles. The van der Waals surface area contributed by atoms with Crippen molar-refractivity contribution in [3.8, 4) is 17.4 Å². The van der Waals surface area contributed by atoms with Gasteiger partial charge in [0, 0.05) is 18.0 Å². The zero-order chi connectivity index (χ0) is 22.2. The summed E-state index contributed by atoms with van der Waals surface area (Å²) in [6.07, 6.45) is 3.28. The van der Waals surface area contributed by atoms with Gasteiger partial charge in [-0.25, -0.2) is 4.79 Å². The van der Waals surface area contributed by atoms with E-state index in [-0.39, 0.29) is 29.6 Å². The average molecular weight is 443 g/mol. The molecule has 4 N–H and O–H groups in total. The number of methoxy groups -OCH3 is 2. The second kappa shape index (κ2) is 10.3. The Hall–Kier alpha value is -3.86. The van der Waals surface area contributed by atoms with Crippen LogP contribution in [0, 0.1) is 0 Å². The molecule has 162 valence electrons. The molecule has 10 nitrogen and oxygen atoms in total. The number of hydrogen-bond donors (Lipinski definition) is 3. The third-order valence-corrected chi connectivity index (χ3v) is 4.93. The van der Waals surface area contributed by atoms with Gasteiger partial charge in [-0.3, -0.25) is 15.1 Å². The lowest BCUT2D eigenvalue weighted by atomic mass is 10.1. The van der Waals surface area contributed by atoms with E-state index in [1.165, 1.54) is 14.2 Å². The molecule has 0 unspecified atom stereocenters. The van der Waals surface area contributed by atoms with Crippen molar-refractivity contribution in [3.63, 3.8) is 0 Å². The van der Waals surface area contributed by atoms with Crippen molar-refractivity contribution < 1.29 is 23.8 Å². The highest BCUT2D eigenvalue weighted by molar-refractivity contribution is 7.11. The molecule has 0 radical (unpaired) electrons. The van der Waals surface area contributed by atoms with Crippen LogP contribution >= 0.6 is 11.5 Å². The molecular weight excluding hydrogens is 422 g/mol. The number of hydrogen-bond acceptors (Lipinski definition) is 8.